The lowest BCUT2D eigenvalue weighted by molar-refractivity contribution is 0.0468. The Morgan fingerprint density at radius 2 is 1.81 bits per heavy atom. The second-order valence-electron chi connectivity index (χ2n) is 5.30. The molecule has 0 atom stereocenters. The van der Waals surface area contributed by atoms with Gasteiger partial charge in [-0.3, -0.25) is 0 Å². The predicted molar refractivity (Wildman–Crippen MR) is 104 cm³/mol. The van der Waals surface area contributed by atoms with Crippen molar-refractivity contribution in [3.63, 3.8) is 0 Å². The van der Waals surface area contributed by atoms with E-state index in [-0.39, 0.29) is 12.6 Å². The Kier molecular flexibility index (Phi) is 5.90. The third-order valence-corrected chi connectivity index (χ3v) is 5.08. The van der Waals surface area contributed by atoms with Gasteiger partial charge >= 0.3 is 5.97 Å². The van der Waals surface area contributed by atoms with E-state index in [0.29, 0.717) is 22.8 Å². The molecule has 0 amide bonds. The van der Waals surface area contributed by atoms with Crippen molar-refractivity contribution in [1.29, 1.82) is 0 Å². The Labute approximate surface area is 163 Å². The molecule has 0 N–H and O–H groups in total. The maximum absolute atomic E-state index is 12.1. The molecule has 0 spiro atoms. The summed E-state index contributed by atoms with van der Waals surface area (Å²) >= 11 is 4.82. The molecule has 5 nitrogen and oxygen atoms in total. The third kappa shape index (κ3) is 4.23. The maximum atomic E-state index is 12.1. The van der Waals surface area contributed by atoms with E-state index in [4.69, 9.17) is 14.2 Å². The van der Waals surface area contributed by atoms with Gasteiger partial charge in [0.1, 0.15) is 11.6 Å². The van der Waals surface area contributed by atoms with Gasteiger partial charge in [0.25, 0.3) is 0 Å². The molecule has 0 aliphatic rings. The number of carbonyl (C=O) groups is 1. The molecular formula is C19H16BrNO4S. The molecule has 0 saturated heterocycles. The average molecular weight is 434 g/mol. The highest BCUT2D eigenvalue weighted by Gasteiger charge is 2.12. The maximum Gasteiger partial charge on any atom is 0.338 e. The second-order valence-corrected chi connectivity index (χ2v) is 7.07. The fourth-order valence-electron chi connectivity index (χ4n) is 2.28. The molecule has 0 aliphatic carbocycles. The Morgan fingerprint density at radius 1 is 1.08 bits per heavy atom. The van der Waals surface area contributed by atoms with E-state index in [1.54, 1.807) is 38.5 Å². The van der Waals surface area contributed by atoms with Crippen molar-refractivity contribution >= 4 is 33.2 Å². The third-order valence-electron chi connectivity index (χ3n) is 3.61. The zero-order chi connectivity index (χ0) is 18.5. The summed E-state index contributed by atoms with van der Waals surface area (Å²) in [5.41, 5.74) is 2.12. The highest BCUT2D eigenvalue weighted by Crippen LogP contribution is 2.33. The van der Waals surface area contributed by atoms with Gasteiger partial charge in [-0.05, 0) is 42.5 Å². The number of ether oxygens (including phenoxy) is 3. The fraction of sp³-hybridized carbons (Fsp3) is 0.158. The molecule has 0 aliphatic heterocycles. The van der Waals surface area contributed by atoms with Crippen LogP contribution in [-0.4, -0.2) is 25.2 Å². The van der Waals surface area contributed by atoms with E-state index < -0.39 is 0 Å². The summed E-state index contributed by atoms with van der Waals surface area (Å²) in [6.45, 7) is 0.124. The summed E-state index contributed by atoms with van der Waals surface area (Å²) in [4.78, 5) is 16.6. The lowest BCUT2D eigenvalue weighted by Gasteiger charge is -2.08. The van der Waals surface area contributed by atoms with Crippen molar-refractivity contribution in [2.24, 2.45) is 0 Å². The van der Waals surface area contributed by atoms with Crippen LogP contribution < -0.4 is 9.47 Å². The molecule has 0 saturated carbocycles. The standard InChI is InChI=1S/C19H16BrNO4S/c1-23-16-8-5-13(9-17(16)24-2)18-21-15(11-26-18)10-25-19(22)12-3-6-14(20)7-4-12/h3-9,11H,10H2,1-2H3. The summed E-state index contributed by atoms with van der Waals surface area (Å²) in [5.74, 6) is 0.929. The minimum absolute atomic E-state index is 0.124. The summed E-state index contributed by atoms with van der Waals surface area (Å²) in [7, 11) is 3.19. The number of rotatable bonds is 6. The monoisotopic (exact) mass is 433 g/mol. The van der Waals surface area contributed by atoms with Gasteiger partial charge in [0, 0.05) is 15.4 Å². The normalized spacial score (nSPS) is 10.4. The molecule has 0 radical (unpaired) electrons. The summed E-state index contributed by atoms with van der Waals surface area (Å²) in [5, 5.41) is 2.70. The lowest BCUT2D eigenvalue weighted by Crippen LogP contribution is -2.05. The van der Waals surface area contributed by atoms with Crippen LogP contribution in [0.3, 0.4) is 0 Å². The highest BCUT2D eigenvalue weighted by atomic mass is 79.9. The second kappa shape index (κ2) is 8.33. The number of aromatic nitrogens is 1. The number of carbonyl (C=O) groups excluding carboxylic acids is 1. The molecule has 3 rings (SSSR count). The largest absolute Gasteiger partial charge is 0.493 e. The minimum Gasteiger partial charge on any atom is -0.493 e. The van der Waals surface area contributed by atoms with Gasteiger partial charge < -0.3 is 14.2 Å². The van der Waals surface area contributed by atoms with Gasteiger partial charge in [-0.1, -0.05) is 15.9 Å². The Hall–Kier alpha value is -2.38. The van der Waals surface area contributed by atoms with Crippen LogP contribution >= 0.6 is 27.3 Å². The summed E-state index contributed by atoms with van der Waals surface area (Å²) in [6, 6.07) is 12.6. The van der Waals surface area contributed by atoms with E-state index in [1.165, 1.54) is 11.3 Å². The topological polar surface area (TPSA) is 57.7 Å². The number of nitrogens with zero attached hydrogens (tertiary/aromatic N) is 1. The molecule has 1 heterocycles. The Balaban J connectivity index is 1.68. The molecule has 7 heteroatoms. The van der Waals surface area contributed by atoms with Crippen molar-refractivity contribution in [3.05, 3.63) is 63.6 Å². The van der Waals surface area contributed by atoms with E-state index in [0.717, 1.165) is 15.0 Å². The molecule has 0 unspecified atom stereocenters. The van der Waals surface area contributed by atoms with E-state index in [1.807, 2.05) is 23.6 Å². The predicted octanol–water partition coefficient (Wildman–Crippen LogP) is 4.95. The first-order chi connectivity index (χ1) is 12.6. The molecular weight excluding hydrogens is 418 g/mol. The zero-order valence-corrected chi connectivity index (χ0v) is 16.6. The van der Waals surface area contributed by atoms with Gasteiger partial charge in [0.15, 0.2) is 11.5 Å². The van der Waals surface area contributed by atoms with Crippen molar-refractivity contribution in [2.75, 3.05) is 14.2 Å². The highest BCUT2D eigenvalue weighted by molar-refractivity contribution is 9.10. The molecule has 134 valence electrons. The van der Waals surface area contributed by atoms with Crippen LogP contribution in [0.4, 0.5) is 0 Å². The van der Waals surface area contributed by atoms with Gasteiger partial charge in [-0.2, -0.15) is 0 Å². The minimum atomic E-state index is -0.377. The first kappa shape index (κ1) is 18.4. The van der Waals surface area contributed by atoms with Gasteiger partial charge in [-0.15, -0.1) is 11.3 Å². The van der Waals surface area contributed by atoms with Crippen LogP contribution in [0, 0.1) is 0 Å². The smallest absolute Gasteiger partial charge is 0.338 e. The van der Waals surface area contributed by atoms with Crippen molar-refractivity contribution in [3.8, 4) is 22.1 Å². The number of hydrogen-bond donors (Lipinski definition) is 0. The van der Waals surface area contributed by atoms with Crippen LogP contribution in [-0.2, 0) is 11.3 Å². The summed E-state index contributed by atoms with van der Waals surface area (Å²) < 4.78 is 16.8. The van der Waals surface area contributed by atoms with Crippen LogP contribution in [0.5, 0.6) is 11.5 Å². The fourth-order valence-corrected chi connectivity index (χ4v) is 3.35. The molecule has 1 aromatic heterocycles. The average Bonchev–Trinajstić information content (AvgIpc) is 3.15. The van der Waals surface area contributed by atoms with Crippen molar-refractivity contribution < 1.29 is 19.0 Å². The van der Waals surface area contributed by atoms with Crippen LogP contribution in [0.25, 0.3) is 10.6 Å². The summed E-state index contributed by atoms with van der Waals surface area (Å²) in [6.07, 6.45) is 0. The number of esters is 1. The molecule has 0 fully saturated rings. The van der Waals surface area contributed by atoms with Gasteiger partial charge in [0.05, 0.1) is 25.5 Å². The van der Waals surface area contributed by atoms with Crippen molar-refractivity contribution in [1.82, 2.24) is 4.98 Å². The van der Waals surface area contributed by atoms with Gasteiger partial charge in [-0.25, -0.2) is 9.78 Å². The number of thiazole rings is 1. The molecule has 2 aromatic carbocycles. The first-order valence-electron chi connectivity index (χ1n) is 7.70. The number of halogens is 1. The Morgan fingerprint density at radius 3 is 2.50 bits per heavy atom. The SMILES string of the molecule is COc1ccc(-c2nc(COC(=O)c3ccc(Br)cc3)cs2)cc1OC. The number of benzene rings is 2. The first-order valence-corrected chi connectivity index (χ1v) is 9.37. The molecule has 0 bridgehead atoms. The molecule has 26 heavy (non-hydrogen) atoms. The molecule has 3 aromatic rings. The quantitative estimate of drug-likeness (QED) is 0.514. The van der Waals surface area contributed by atoms with Crippen LogP contribution in [0.15, 0.2) is 52.3 Å². The lowest BCUT2D eigenvalue weighted by atomic mass is 10.2. The van der Waals surface area contributed by atoms with Gasteiger partial charge in [0.2, 0.25) is 0 Å². The van der Waals surface area contributed by atoms with E-state index in [2.05, 4.69) is 20.9 Å². The number of hydrogen-bond acceptors (Lipinski definition) is 6. The zero-order valence-electron chi connectivity index (χ0n) is 14.2. The number of methoxy groups -OCH3 is 2. The van der Waals surface area contributed by atoms with E-state index >= 15 is 0 Å². The van der Waals surface area contributed by atoms with Crippen molar-refractivity contribution in [2.45, 2.75) is 6.61 Å². The Bertz CT molecular complexity index is 908. The van der Waals surface area contributed by atoms with Crippen LogP contribution in [0.1, 0.15) is 16.1 Å². The van der Waals surface area contributed by atoms with Crippen LogP contribution in [0.2, 0.25) is 0 Å². The van der Waals surface area contributed by atoms with E-state index in [9.17, 15) is 4.79 Å².